The molecule has 6 heteroatoms. The maximum absolute atomic E-state index is 12.2. The molecule has 2 aromatic rings. The minimum absolute atomic E-state index is 0.123. The Morgan fingerprint density at radius 3 is 3.00 bits per heavy atom. The van der Waals surface area contributed by atoms with Crippen molar-refractivity contribution in [1.29, 1.82) is 0 Å². The lowest BCUT2D eigenvalue weighted by Crippen LogP contribution is -2.26. The van der Waals surface area contributed by atoms with E-state index < -0.39 is 10.0 Å². The fourth-order valence-corrected chi connectivity index (χ4v) is 4.51. The number of rotatable bonds is 3. The molecule has 4 nitrogen and oxygen atoms in total. The maximum atomic E-state index is 12.2. The number of hydrogen-bond acceptors (Lipinski definition) is 4. The average Bonchev–Trinajstić information content (AvgIpc) is 2.98. The molecule has 1 aromatic carbocycles. The van der Waals surface area contributed by atoms with Crippen molar-refractivity contribution in [2.45, 2.75) is 30.0 Å². The van der Waals surface area contributed by atoms with Gasteiger partial charge in [0.15, 0.2) is 4.21 Å². The van der Waals surface area contributed by atoms with Gasteiger partial charge in [0, 0.05) is 6.04 Å². The second-order valence-corrected chi connectivity index (χ2v) is 7.56. The summed E-state index contributed by atoms with van der Waals surface area (Å²) in [4.78, 5) is 3.82. The quantitative estimate of drug-likeness (QED) is 0.945. The molecule has 0 spiro atoms. The molecule has 0 saturated heterocycles. The first-order valence-electron chi connectivity index (χ1n) is 6.06. The number of aryl methyl sites for hydroxylation is 2. The van der Waals surface area contributed by atoms with Crippen molar-refractivity contribution in [2.24, 2.45) is 0 Å². The van der Waals surface area contributed by atoms with E-state index in [9.17, 15) is 8.42 Å². The van der Waals surface area contributed by atoms with Crippen molar-refractivity contribution in [1.82, 2.24) is 9.71 Å². The fraction of sp³-hybridized carbons (Fsp3) is 0.308. The Balaban J connectivity index is 1.88. The highest BCUT2D eigenvalue weighted by molar-refractivity contribution is 7.91. The summed E-state index contributed by atoms with van der Waals surface area (Å²) in [7, 11) is -3.45. The molecule has 1 aromatic heterocycles. The van der Waals surface area contributed by atoms with Crippen molar-refractivity contribution in [3.05, 3.63) is 46.6 Å². The van der Waals surface area contributed by atoms with Crippen molar-refractivity contribution in [3.63, 3.8) is 0 Å². The Hall–Kier alpha value is -1.24. The van der Waals surface area contributed by atoms with Gasteiger partial charge in [-0.2, -0.15) is 0 Å². The molecular formula is C13H14N2O2S2. The predicted octanol–water partition coefficient (Wildman–Crippen LogP) is 2.42. The van der Waals surface area contributed by atoms with E-state index in [1.807, 2.05) is 12.1 Å². The molecule has 0 amide bonds. The zero-order valence-corrected chi connectivity index (χ0v) is 12.1. The molecule has 1 aliphatic carbocycles. The van der Waals surface area contributed by atoms with E-state index in [2.05, 4.69) is 22.7 Å². The monoisotopic (exact) mass is 294 g/mol. The zero-order chi connectivity index (χ0) is 13.5. The second kappa shape index (κ2) is 4.70. The Morgan fingerprint density at radius 1 is 1.42 bits per heavy atom. The predicted molar refractivity (Wildman–Crippen MR) is 74.7 cm³/mol. The van der Waals surface area contributed by atoms with Crippen LogP contribution in [0.4, 0.5) is 0 Å². The lowest BCUT2D eigenvalue weighted by Gasteiger charge is -2.13. The Labute approximate surface area is 116 Å². The minimum atomic E-state index is -3.45. The Kier molecular flexibility index (Phi) is 3.16. The van der Waals surface area contributed by atoms with Crippen LogP contribution in [0, 0.1) is 6.92 Å². The highest BCUT2D eigenvalue weighted by Crippen LogP contribution is 2.33. The Morgan fingerprint density at radius 2 is 2.26 bits per heavy atom. The summed E-state index contributed by atoms with van der Waals surface area (Å²) >= 11 is 1.14. The van der Waals surface area contributed by atoms with E-state index in [0.29, 0.717) is 0 Å². The van der Waals surface area contributed by atoms with Gasteiger partial charge < -0.3 is 0 Å². The lowest BCUT2D eigenvalue weighted by atomic mass is 10.1. The zero-order valence-electron chi connectivity index (χ0n) is 10.5. The largest absolute Gasteiger partial charge is 0.252 e. The number of fused-ring (bicyclic) bond motifs is 1. The van der Waals surface area contributed by atoms with Crippen molar-refractivity contribution in [2.75, 3.05) is 0 Å². The van der Waals surface area contributed by atoms with Crippen LogP contribution in [0.3, 0.4) is 0 Å². The first-order chi connectivity index (χ1) is 9.06. The molecule has 100 valence electrons. The number of benzene rings is 1. The molecule has 1 unspecified atom stereocenters. The van der Waals surface area contributed by atoms with Crippen molar-refractivity contribution >= 4 is 21.4 Å². The summed E-state index contributed by atoms with van der Waals surface area (Å²) in [5, 5.41) is 0. The first-order valence-corrected chi connectivity index (χ1v) is 8.43. The van der Waals surface area contributed by atoms with Gasteiger partial charge in [-0.25, -0.2) is 13.1 Å². The fourth-order valence-electron chi connectivity index (χ4n) is 2.45. The standard InChI is InChI=1S/C13H14N2O2S2/c1-9-2-4-11-10(6-9)3-5-12(11)15-19(16,17)13-7-14-8-18-13/h2,4,6-8,12,15H,3,5H2,1H3. The molecule has 0 bridgehead atoms. The Bertz CT molecular complexity index is 693. The van der Waals surface area contributed by atoms with E-state index in [1.54, 1.807) is 0 Å². The van der Waals surface area contributed by atoms with Gasteiger partial charge in [0.25, 0.3) is 10.0 Å². The third-order valence-electron chi connectivity index (χ3n) is 3.35. The van der Waals surface area contributed by atoms with Crippen LogP contribution in [0.5, 0.6) is 0 Å². The number of thiazole rings is 1. The molecule has 0 fully saturated rings. The van der Waals surface area contributed by atoms with Crippen molar-refractivity contribution < 1.29 is 8.42 Å². The van der Waals surface area contributed by atoms with Gasteiger partial charge in [0.1, 0.15) is 0 Å². The number of sulfonamides is 1. The number of aromatic nitrogens is 1. The molecule has 3 rings (SSSR count). The van der Waals surface area contributed by atoms with Gasteiger partial charge in [-0.05, 0) is 30.9 Å². The van der Waals surface area contributed by atoms with Gasteiger partial charge in [-0.1, -0.05) is 23.8 Å². The van der Waals surface area contributed by atoms with Crippen LogP contribution in [0.25, 0.3) is 0 Å². The van der Waals surface area contributed by atoms with E-state index in [4.69, 9.17) is 0 Å². The molecule has 0 aliphatic heterocycles. The van der Waals surface area contributed by atoms with E-state index in [-0.39, 0.29) is 10.3 Å². The van der Waals surface area contributed by atoms with Crippen LogP contribution in [0.1, 0.15) is 29.2 Å². The third-order valence-corrected chi connectivity index (χ3v) is 6.09. The van der Waals surface area contributed by atoms with Crippen LogP contribution < -0.4 is 4.72 Å². The molecule has 0 saturated carbocycles. The molecule has 19 heavy (non-hydrogen) atoms. The van der Waals surface area contributed by atoms with Gasteiger partial charge >= 0.3 is 0 Å². The third kappa shape index (κ3) is 2.43. The summed E-state index contributed by atoms with van der Waals surface area (Å²) in [5.41, 5.74) is 5.08. The van der Waals surface area contributed by atoms with Crippen LogP contribution in [0.15, 0.2) is 34.1 Å². The van der Waals surface area contributed by atoms with Crippen LogP contribution in [-0.4, -0.2) is 13.4 Å². The molecule has 1 N–H and O–H groups in total. The van der Waals surface area contributed by atoms with Gasteiger partial charge in [0.2, 0.25) is 0 Å². The topological polar surface area (TPSA) is 59.1 Å². The summed E-state index contributed by atoms with van der Waals surface area (Å²) < 4.78 is 27.4. The van der Waals surface area contributed by atoms with Crippen LogP contribution in [0.2, 0.25) is 0 Å². The molecule has 0 radical (unpaired) electrons. The lowest BCUT2D eigenvalue weighted by molar-refractivity contribution is 0.556. The van der Waals surface area contributed by atoms with E-state index in [0.717, 1.165) is 29.7 Å². The SMILES string of the molecule is Cc1ccc2c(c1)CCC2NS(=O)(=O)c1cncs1. The van der Waals surface area contributed by atoms with Crippen LogP contribution in [-0.2, 0) is 16.4 Å². The van der Waals surface area contributed by atoms with Crippen LogP contribution >= 0.6 is 11.3 Å². The van der Waals surface area contributed by atoms with Gasteiger partial charge in [-0.3, -0.25) is 4.98 Å². The number of nitrogens with zero attached hydrogens (tertiary/aromatic N) is 1. The summed E-state index contributed by atoms with van der Waals surface area (Å²) in [6.45, 7) is 2.05. The summed E-state index contributed by atoms with van der Waals surface area (Å²) in [6, 6.07) is 6.06. The molecular weight excluding hydrogens is 280 g/mol. The van der Waals surface area contributed by atoms with Gasteiger partial charge in [-0.15, -0.1) is 11.3 Å². The van der Waals surface area contributed by atoms with E-state index in [1.165, 1.54) is 22.8 Å². The minimum Gasteiger partial charge on any atom is -0.252 e. The highest BCUT2D eigenvalue weighted by Gasteiger charge is 2.28. The maximum Gasteiger partial charge on any atom is 0.252 e. The second-order valence-electron chi connectivity index (χ2n) is 4.74. The molecule has 1 atom stereocenters. The van der Waals surface area contributed by atoms with Crippen molar-refractivity contribution in [3.8, 4) is 0 Å². The smallest absolute Gasteiger partial charge is 0.252 e. The van der Waals surface area contributed by atoms with E-state index >= 15 is 0 Å². The summed E-state index contributed by atoms with van der Waals surface area (Å²) in [6.07, 6.45) is 3.13. The summed E-state index contributed by atoms with van der Waals surface area (Å²) in [5.74, 6) is 0. The molecule has 1 aliphatic rings. The first kappa shape index (κ1) is 12.8. The normalized spacial score (nSPS) is 18.5. The average molecular weight is 294 g/mol. The van der Waals surface area contributed by atoms with Gasteiger partial charge in [0.05, 0.1) is 11.7 Å². The number of nitrogens with one attached hydrogen (secondary N) is 1. The number of hydrogen-bond donors (Lipinski definition) is 1. The molecule has 1 heterocycles. The highest BCUT2D eigenvalue weighted by atomic mass is 32.2.